The Hall–Kier alpha value is -1.94. The van der Waals surface area contributed by atoms with E-state index in [0.29, 0.717) is 49.0 Å². The van der Waals surface area contributed by atoms with Crippen LogP contribution in [0.2, 0.25) is 5.02 Å². The van der Waals surface area contributed by atoms with Crippen molar-refractivity contribution < 1.29 is 17.7 Å². The highest BCUT2D eigenvalue weighted by Crippen LogP contribution is 2.24. The van der Waals surface area contributed by atoms with Crippen molar-refractivity contribution in [2.75, 3.05) is 38.0 Å². The summed E-state index contributed by atoms with van der Waals surface area (Å²) in [6, 6.07) is 7.03. The van der Waals surface area contributed by atoms with Crippen LogP contribution in [0.25, 0.3) is 0 Å². The Morgan fingerprint density at radius 1 is 1.21 bits per heavy atom. The van der Waals surface area contributed by atoms with Gasteiger partial charge in [-0.05, 0) is 38.9 Å². The first-order valence-electron chi connectivity index (χ1n) is 8.99. The lowest BCUT2D eigenvalue weighted by molar-refractivity contribution is -0.117. The van der Waals surface area contributed by atoms with Crippen LogP contribution in [0.15, 0.2) is 33.7 Å². The topological polar surface area (TPSA) is 95.8 Å². The summed E-state index contributed by atoms with van der Waals surface area (Å²) in [5.74, 6) is 0.104. The number of para-hydroxylation sites is 1. The van der Waals surface area contributed by atoms with E-state index >= 15 is 0 Å². The summed E-state index contributed by atoms with van der Waals surface area (Å²) in [4.78, 5) is 14.4. The van der Waals surface area contributed by atoms with Gasteiger partial charge in [0, 0.05) is 19.6 Å². The zero-order chi connectivity index (χ0) is 20.3. The van der Waals surface area contributed by atoms with E-state index in [4.69, 9.17) is 16.1 Å². The van der Waals surface area contributed by atoms with Crippen LogP contribution in [0, 0.1) is 13.8 Å². The second-order valence-electron chi connectivity index (χ2n) is 6.72. The predicted octanol–water partition coefficient (Wildman–Crippen LogP) is 2.28. The lowest BCUT2D eigenvalue weighted by Crippen LogP contribution is -2.38. The number of amides is 1. The van der Waals surface area contributed by atoms with Gasteiger partial charge in [-0.3, -0.25) is 9.69 Å². The summed E-state index contributed by atoms with van der Waals surface area (Å²) >= 11 is 6.07. The number of sulfonamides is 1. The number of aryl methyl sites for hydroxylation is 2. The van der Waals surface area contributed by atoms with Crippen molar-refractivity contribution in [3.63, 3.8) is 0 Å². The Labute approximate surface area is 169 Å². The van der Waals surface area contributed by atoms with Gasteiger partial charge in [0.1, 0.15) is 10.6 Å². The lowest BCUT2D eigenvalue weighted by Gasteiger charge is -2.21. The molecule has 3 rings (SSSR count). The Morgan fingerprint density at radius 2 is 1.96 bits per heavy atom. The second-order valence-corrected chi connectivity index (χ2v) is 9.00. The second kappa shape index (κ2) is 8.60. The molecule has 1 aromatic heterocycles. The van der Waals surface area contributed by atoms with Gasteiger partial charge >= 0.3 is 0 Å². The highest BCUT2D eigenvalue weighted by Gasteiger charge is 2.32. The number of nitrogens with zero attached hydrogens (tertiary/aromatic N) is 3. The molecule has 0 radical (unpaired) electrons. The van der Waals surface area contributed by atoms with Gasteiger partial charge in [0.2, 0.25) is 15.9 Å². The van der Waals surface area contributed by atoms with E-state index in [0.717, 1.165) is 0 Å². The summed E-state index contributed by atoms with van der Waals surface area (Å²) in [6.07, 6.45) is 0.627. The molecule has 2 aromatic rings. The van der Waals surface area contributed by atoms with Gasteiger partial charge in [0.25, 0.3) is 0 Å². The van der Waals surface area contributed by atoms with Crippen molar-refractivity contribution >= 4 is 33.2 Å². The van der Waals surface area contributed by atoms with Crippen LogP contribution in [-0.4, -0.2) is 61.4 Å². The zero-order valence-corrected chi connectivity index (χ0v) is 17.4. The summed E-state index contributed by atoms with van der Waals surface area (Å²) in [5.41, 5.74) is 0.921. The molecule has 0 spiro atoms. The molecule has 10 heteroatoms. The molecule has 1 aliphatic rings. The maximum absolute atomic E-state index is 13.0. The number of carbonyl (C=O) groups is 1. The third-order valence-corrected chi connectivity index (χ3v) is 7.10. The minimum Gasteiger partial charge on any atom is -0.360 e. The summed E-state index contributed by atoms with van der Waals surface area (Å²) < 4.78 is 32.4. The van der Waals surface area contributed by atoms with Crippen LogP contribution in [0.4, 0.5) is 5.69 Å². The number of benzene rings is 1. The largest absolute Gasteiger partial charge is 0.360 e. The first-order valence-corrected chi connectivity index (χ1v) is 10.8. The summed E-state index contributed by atoms with van der Waals surface area (Å²) in [7, 11) is -3.68. The molecule has 1 aromatic carbocycles. The highest BCUT2D eigenvalue weighted by molar-refractivity contribution is 7.89. The number of hydrogen-bond acceptors (Lipinski definition) is 6. The van der Waals surface area contributed by atoms with Gasteiger partial charge in [-0.2, -0.15) is 4.31 Å². The van der Waals surface area contributed by atoms with Gasteiger partial charge in [0.05, 0.1) is 17.3 Å². The van der Waals surface area contributed by atoms with Crippen LogP contribution in [-0.2, 0) is 14.8 Å². The SMILES string of the molecule is Cc1noc(C)c1S(=O)(=O)N1CCCN(CC(=O)Nc2ccccc2Cl)CC1. The third-order valence-electron chi connectivity index (χ3n) is 4.63. The van der Waals surface area contributed by atoms with Crippen LogP contribution < -0.4 is 5.32 Å². The standard InChI is InChI=1S/C18H23ClN4O4S/c1-13-18(14(2)27-21-13)28(25,26)23-9-5-8-22(10-11-23)12-17(24)20-16-7-4-3-6-15(16)19/h3-4,6-7H,5,8-12H2,1-2H3,(H,20,24). The van der Waals surface area contributed by atoms with E-state index in [1.807, 2.05) is 4.90 Å². The molecule has 0 unspecified atom stereocenters. The maximum atomic E-state index is 13.0. The van der Waals surface area contributed by atoms with Crippen molar-refractivity contribution in [1.82, 2.24) is 14.4 Å². The first kappa shape index (κ1) is 20.8. The Morgan fingerprint density at radius 3 is 2.64 bits per heavy atom. The van der Waals surface area contributed by atoms with Crippen molar-refractivity contribution in [2.24, 2.45) is 0 Å². The number of hydrogen-bond donors (Lipinski definition) is 1. The van der Waals surface area contributed by atoms with E-state index in [9.17, 15) is 13.2 Å². The number of nitrogens with one attached hydrogen (secondary N) is 1. The zero-order valence-electron chi connectivity index (χ0n) is 15.8. The number of anilines is 1. The van der Waals surface area contributed by atoms with Gasteiger partial charge in [0.15, 0.2) is 5.76 Å². The number of carbonyl (C=O) groups excluding carboxylic acids is 1. The molecule has 1 saturated heterocycles. The number of halogens is 1. The first-order chi connectivity index (χ1) is 13.3. The average molecular weight is 427 g/mol. The fraction of sp³-hybridized carbons (Fsp3) is 0.444. The molecule has 1 amide bonds. The lowest BCUT2D eigenvalue weighted by atomic mass is 10.3. The van der Waals surface area contributed by atoms with Crippen molar-refractivity contribution in [1.29, 1.82) is 0 Å². The molecule has 0 aliphatic carbocycles. The molecule has 1 fully saturated rings. The van der Waals surface area contributed by atoms with Crippen LogP contribution >= 0.6 is 11.6 Å². The molecule has 2 heterocycles. The highest BCUT2D eigenvalue weighted by atomic mass is 35.5. The fourth-order valence-corrected chi connectivity index (χ4v) is 5.22. The van der Waals surface area contributed by atoms with E-state index in [-0.39, 0.29) is 23.1 Å². The third kappa shape index (κ3) is 4.54. The fourth-order valence-electron chi connectivity index (χ4n) is 3.27. The van der Waals surface area contributed by atoms with Crippen molar-refractivity contribution in [3.8, 4) is 0 Å². The predicted molar refractivity (Wildman–Crippen MR) is 106 cm³/mol. The molecular formula is C18H23ClN4O4S. The van der Waals surface area contributed by atoms with Gasteiger partial charge < -0.3 is 9.84 Å². The summed E-state index contributed by atoms with van der Waals surface area (Å²) in [5, 5.41) is 7.01. The van der Waals surface area contributed by atoms with E-state index in [2.05, 4.69) is 10.5 Å². The molecule has 28 heavy (non-hydrogen) atoms. The normalized spacial score (nSPS) is 16.7. The number of aromatic nitrogens is 1. The molecule has 0 bridgehead atoms. The molecule has 0 saturated carbocycles. The molecular weight excluding hydrogens is 404 g/mol. The maximum Gasteiger partial charge on any atom is 0.248 e. The van der Waals surface area contributed by atoms with E-state index in [1.54, 1.807) is 38.1 Å². The quantitative estimate of drug-likeness (QED) is 0.787. The smallest absolute Gasteiger partial charge is 0.248 e. The van der Waals surface area contributed by atoms with Crippen LogP contribution in [0.1, 0.15) is 17.9 Å². The van der Waals surface area contributed by atoms with Gasteiger partial charge in [-0.25, -0.2) is 8.42 Å². The van der Waals surface area contributed by atoms with Crippen LogP contribution in [0.5, 0.6) is 0 Å². The van der Waals surface area contributed by atoms with Gasteiger partial charge in [-0.15, -0.1) is 0 Å². The summed E-state index contributed by atoms with van der Waals surface area (Å²) in [6.45, 7) is 5.15. The molecule has 0 atom stereocenters. The molecule has 152 valence electrons. The minimum absolute atomic E-state index is 0.136. The van der Waals surface area contributed by atoms with Gasteiger partial charge in [-0.1, -0.05) is 28.9 Å². The monoisotopic (exact) mass is 426 g/mol. The van der Waals surface area contributed by atoms with Crippen LogP contribution in [0.3, 0.4) is 0 Å². The number of rotatable bonds is 5. The molecule has 1 aliphatic heterocycles. The average Bonchev–Trinajstić information content (AvgIpc) is 2.83. The molecule has 8 nitrogen and oxygen atoms in total. The van der Waals surface area contributed by atoms with Crippen molar-refractivity contribution in [3.05, 3.63) is 40.7 Å². The Kier molecular flexibility index (Phi) is 6.39. The molecule has 1 N–H and O–H groups in total. The van der Waals surface area contributed by atoms with Crippen molar-refractivity contribution in [2.45, 2.75) is 25.2 Å². The Balaban J connectivity index is 1.62. The van der Waals surface area contributed by atoms with E-state index in [1.165, 1.54) is 4.31 Å². The minimum atomic E-state index is -3.68. The Bertz CT molecular complexity index is 941. The van der Waals surface area contributed by atoms with E-state index < -0.39 is 10.0 Å².